The first kappa shape index (κ1) is 16.3. The Morgan fingerprint density at radius 1 is 1.26 bits per heavy atom. The van der Waals surface area contributed by atoms with E-state index < -0.39 is 11.5 Å². The molecule has 3 unspecified atom stereocenters. The predicted molar refractivity (Wildman–Crippen MR) is 87.4 cm³/mol. The van der Waals surface area contributed by atoms with E-state index in [1.54, 1.807) is 29.2 Å². The standard InChI is InChI=1S/C18H25NO4/c1-12(2)23-16-11-18(8-7-15(16)21)9-10-19(17(18)22)13-3-5-14(20)6-4-13/h3-6,12,15-16,20-21H,7-11H2,1-2H3. The lowest BCUT2D eigenvalue weighted by Crippen LogP contribution is -2.46. The van der Waals surface area contributed by atoms with E-state index in [-0.39, 0.29) is 23.9 Å². The quantitative estimate of drug-likeness (QED) is 0.898. The second-order valence-corrected chi connectivity index (χ2v) is 7.04. The molecule has 1 aliphatic carbocycles. The molecule has 0 aromatic heterocycles. The number of aliphatic hydroxyl groups excluding tert-OH is 1. The molecule has 1 saturated carbocycles. The third kappa shape index (κ3) is 3.08. The molecule has 0 radical (unpaired) electrons. The average Bonchev–Trinajstić information content (AvgIpc) is 2.81. The van der Waals surface area contributed by atoms with Crippen molar-refractivity contribution in [3.8, 4) is 5.75 Å². The monoisotopic (exact) mass is 319 g/mol. The van der Waals surface area contributed by atoms with Crippen molar-refractivity contribution in [2.75, 3.05) is 11.4 Å². The number of phenolic OH excluding ortho intramolecular Hbond substituents is 1. The van der Waals surface area contributed by atoms with Gasteiger partial charge >= 0.3 is 0 Å². The van der Waals surface area contributed by atoms with E-state index in [2.05, 4.69) is 0 Å². The van der Waals surface area contributed by atoms with Gasteiger partial charge in [0.2, 0.25) is 5.91 Å². The number of aliphatic hydroxyl groups is 1. The minimum absolute atomic E-state index is 0.0366. The summed E-state index contributed by atoms with van der Waals surface area (Å²) in [6, 6.07) is 6.74. The average molecular weight is 319 g/mol. The molecule has 1 spiro atoms. The third-order valence-corrected chi connectivity index (χ3v) is 5.06. The Labute approximate surface area is 136 Å². The van der Waals surface area contributed by atoms with Crippen LogP contribution < -0.4 is 4.90 Å². The molecule has 1 amide bonds. The van der Waals surface area contributed by atoms with E-state index in [0.29, 0.717) is 25.8 Å². The Hall–Kier alpha value is -1.59. The summed E-state index contributed by atoms with van der Waals surface area (Å²) >= 11 is 0. The molecule has 2 aliphatic rings. The Bertz CT molecular complexity index is 571. The van der Waals surface area contributed by atoms with Crippen LogP contribution in [0.5, 0.6) is 5.75 Å². The van der Waals surface area contributed by atoms with Crippen LogP contribution in [-0.4, -0.2) is 41.0 Å². The number of benzene rings is 1. The Kier molecular flexibility index (Phi) is 4.34. The van der Waals surface area contributed by atoms with Gasteiger partial charge in [-0.2, -0.15) is 0 Å². The van der Waals surface area contributed by atoms with Crippen molar-refractivity contribution in [2.45, 2.75) is 57.8 Å². The molecule has 1 aromatic rings. The predicted octanol–water partition coefficient (Wildman–Crippen LogP) is 2.45. The molecule has 23 heavy (non-hydrogen) atoms. The maximum absolute atomic E-state index is 13.0. The molecule has 2 fully saturated rings. The largest absolute Gasteiger partial charge is 0.508 e. The van der Waals surface area contributed by atoms with Crippen molar-refractivity contribution in [1.29, 1.82) is 0 Å². The van der Waals surface area contributed by atoms with E-state index in [0.717, 1.165) is 12.1 Å². The van der Waals surface area contributed by atoms with Crippen LogP contribution in [0.1, 0.15) is 39.5 Å². The Balaban J connectivity index is 1.78. The van der Waals surface area contributed by atoms with Gasteiger partial charge in [-0.3, -0.25) is 4.79 Å². The fourth-order valence-electron chi connectivity index (χ4n) is 3.84. The summed E-state index contributed by atoms with van der Waals surface area (Å²) in [4.78, 5) is 14.8. The summed E-state index contributed by atoms with van der Waals surface area (Å²) < 4.78 is 5.84. The molecule has 3 rings (SSSR count). The minimum Gasteiger partial charge on any atom is -0.508 e. The number of amides is 1. The second kappa shape index (κ2) is 6.13. The number of carbonyl (C=O) groups excluding carboxylic acids is 1. The number of anilines is 1. The van der Waals surface area contributed by atoms with Crippen molar-refractivity contribution in [3.63, 3.8) is 0 Å². The molecule has 126 valence electrons. The number of aromatic hydroxyl groups is 1. The minimum atomic E-state index is -0.487. The zero-order valence-electron chi connectivity index (χ0n) is 13.7. The molecule has 0 bridgehead atoms. The molecular weight excluding hydrogens is 294 g/mol. The van der Waals surface area contributed by atoms with Crippen LogP contribution >= 0.6 is 0 Å². The number of phenols is 1. The molecule has 5 nitrogen and oxygen atoms in total. The molecule has 1 aliphatic heterocycles. The number of carbonyl (C=O) groups is 1. The fourth-order valence-corrected chi connectivity index (χ4v) is 3.84. The van der Waals surface area contributed by atoms with Crippen molar-refractivity contribution >= 4 is 11.6 Å². The fraction of sp³-hybridized carbons (Fsp3) is 0.611. The van der Waals surface area contributed by atoms with Gasteiger partial charge in [0.1, 0.15) is 5.75 Å². The molecule has 5 heteroatoms. The highest BCUT2D eigenvalue weighted by atomic mass is 16.5. The lowest BCUT2D eigenvalue weighted by Gasteiger charge is -2.39. The molecule has 1 aromatic carbocycles. The van der Waals surface area contributed by atoms with Crippen LogP contribution in [-0.2, 0) is 9.53 Å². The lowest BCUT2D eigenvalue weighted by atomic mass is 9.70. The number of hydrogen-bond acceptors (Lipinski definition) is 4. The van der Waals surface area contributed by atoms with Crippen LogP contribution in [0.2, 0.25) is 0 Å². The first-order chi connectivity index (χ1) is 10.9. The van der Waals surface area contributed by atoms with Crippen LogP contribution in [0.4, 0.5) is 5.69 Å². The maximum atomic E-state index is 13.0. The van der Waals surface area contributed by atoms with Gasteiger partial charge in [0, 0.05) is 12.2 Å². The van der Waals surface area contributed by atoms with E-state index in [4.69, 9.17) is 4.74 Å². The zero-order valence-corrected chi connectivity index (χ0v) is 13.7. The van der Waals surface area contributed by atoms with Crippen LogP contribution in [0, 0.1) is 5.41 Å². The second-order valence-electron chi connectivity index (χ2n) is 7.04. The zero-order chi connectivity index (χ0) is 16.6. The van der Waals surface area contributed by atoms with Crippen molar-refractivity contribution in [3.05, 3.63) is 24.3 Å². The highest BCUT2D eigenvalue weighted by molar-refractivity contribution is 6.00. The van der Waals surface area contributed by atoms with Crippen LogP contribution in [0.15, 0.2) is 24.3 Å². The van der Waals surface area contributed by atoms with Gasteiger partial charge in [0.15, 0.2) is 0 Å². The first-order valence-corrected chi connectivity index (χ1v) is 8.36. The lowest BCUT2D eigenvalue weighted by molar-refractivity contribution is -0.141. The topological polar surface area (TPSA) is 70.0 Å². The normalized spacial score (nSPS) is 31.3. The number of hydrogen-bond donors (Lipinski definition) is 2. The van der Waals surface area contributed by atoms with E-state index in [9.17, 15) is 15.0 Å². The van der Waals surface area contributed by atoms with Gasteiger partial charge < -0.3 is 19.8 Å². The van der Waals surface area contributed by atoms with Crippen molar-refractivity contribution < 1.29 is 19.7 Å². The van der Waals surface area contributed by atoms with E-state index >= 15 is 0 Å². The van der Waals surface area contributed by atoms with Gasteiger partial charge in [-0.15, -0.1) is 0 Å². The van der Waals surface area contributed by atoms with Crippen molar-refractivity contribution in [2.24, 2.45) is 5.41 Å². The highest BCUT2D eigenvalue weighted by Crippen LogP contribution is 2.47. The number of ether oxygens (including phenoxy) is 1. The van der Waals surface area contributed by atoms with E-state index in [1.165, 1.54) is 0 Å². The smallest absolute Gasteiger partial charge is 0.233 e. The summed E-state index contributed by atoms with van der Waals surface area (Å²) in [6.45, 7) is 4.58. The number of rotatable bonds is 3. The van der Waals surface area contributed by atoms with Gasteiger partial charge in [-0.05, 0) is 63.8 Å². The summed E-state index contributed by atoms with van der Waals surface area (Å²) in [7, 11) is 0. The summed E-state index contributed by atoms with van der Waals surface area (Å²) in [5.74, 6) is 0.314. The molecular formula is C18H25NO4. The van der Waals surface area contributed by atoms with Gasteiger partial charge in [-0.1, -0.05) is 0 Å². The Morgan fingerprint density at radius 3 is 2.61 bits per heavy atom. The molecule has 2 N–H and O–H groups in total. The van der Waals surface area contributed by atoms with Crippen molar-refractivity contribution in [1.82, 2.24) is 0 Å². The Morgan fingerprint density at radius 2 is 1.96 bits per heavy atom. The highest BCUT2D eigenvalue weighted by Gasteiger charge is 2.51. The van der Waals surface area contributed by atoms with E-state index in [1.807, 2.05) is 13.8 Å². The molecule has 3 atom stereocenters. The first-order valence-electron chi connectivity index (χ1n) is 8.36. The van der Waals surface area contributed by atoms with Gasteiger partial charge in [0.25, 0.3) is 0 Å². The van der Waals surface area contributed by atoms with Crippen LogP contribution in [0.25, 0.3) is 0 Å². The summed E-state index contributed by atoms with van der Waals surface area (Å²) in [6.07, 6.45) is 1.96. The molecule has 1 saturated heterocycles. The third-order valence-electron chi connectivity index (χ3n) is 5.06. The van der Waals surface area contributed by atoms with Gasteiger partial charge in [0.05, 0.1) is 23.7 Å². The summed E-state index contributed by atoms with van der Waals surface area (Å²) in [5.41, 5.74) is 0.397. The number of nitrogens with zero attached hydrogens (tertiary/aromatic N) is 1. The maximum Gasteiger partial charge on any atom is 0.233 e. The van der Waals surface area contributed by atoms with Gasteiger partial charge in [-0.25, -0.2) is 0 Å². The SMILES string of the molecule is CC(C)OC1CC2(CCC1O)CCN(c1ccc(O)cc1)C2=O. The molecule has 1 heterocycles. The van der Waals surface area contributed by atoms with Crippen LogP contribution in [0.3, 0.4) is 0 Å². The summed E-state index contributed by atoms with van der Waals surface area (Å²) in [5, 5.41) is 19.6.